The summed E-state index contributed by atoms with van der Waals surface area (Å²) in [4.78, 5) is 20.8. The fourth-order valence-electron chi connectivity index (χ4n) is 2.49. The van der Waals surface area contributed by atoms with Crippen molar-refractivity contribution >= 4 is 5.97 Å². The summed E-state index contributed by atoms with van der Waals surface area (Å²) in [5.41, 5.74) is -0.476. The fourth-order valence-corrected chi connectivity index (χ4v) is 2.49. The van der Waals surface area contributed by atoms with Gasteiger partial charge >= 0.3 is 5.97 Å². The van der Waals surface area contributed by atoms with Gasteiger partial charge in [0.15, 0.2) is 0 Å². The second kappa shape index (κ2) is 15.9. The van der Waals surface area contributed by atoms with E-state index in [4.69, 9.17) is 4.89 Å². The van der Waals surface area contributed by atoms with E-state index in [0.29, 0.717) is 6.42 Å². The van der Waals surface area contributed by atoms with Gasteiger partial charge in [-0.1, -0.05) is 84.0 Å². The van der Waals surface area contributed by atoms with E-state index in [1.54, 1.807) is 0 Å². The normalized spacial score (nSPS) is 11.7. The molecule has 0 N–H and O–H groups in total. The molecule has 0 unspecified atom stereocenters. The summed E-state index contributed by atoms with van der Waals surface area (Å²) < 4.78 is 0. The molecule has 0 spiro atoms. The minimum absolute atomic E-state index is 0.359. The minimum atomic E-state index is -0.476. The third-order valence-corrected chi connectivity index (χ3v) is 3.90. The van der Waals surface area contributed by atoms with Crippen molar-refractivity contribution in [3.63, 3.8) is 0 Å². The Morgan fingerprint density at radius 2 is 1.12 bits per heavy atom. The number of rotatable bonds is 16. The number of carbonyl (C=O) groups is 1. The first-order valence-electron chi connectivity index (χ1n) is 10.0. The lowest BCUT2D eigenvalue weighted by Gasteiger charge is -2.15. The van der Waals surface area contributed by atoms with Crippen molar-refractivity contribution in [3.8, 4) is 0 Å². The monoisotopic (exact) mass is 344 g/mol. The predicted octanol–water partition coefficient (Wildman–Crippen LogP) is 6.67. The fraction of sp³-hybridized carbons (Fsp3) is 0.950. The molecule has 24 heavy (non-hydrogen) atoms. The van der Waals surface area contributed by atoms with Gasteiger partial charge in [-0.25, -0.2) is 4.79 Å². The Balaban J connectivity index is 3.18. The summed E-state index contributed by atoms with van der Waals surface area (Å²) in [5, 5.41) is 4.47. The molecule has 0 fully saturated rings. The van der Waals surface area contributed by atoms with Crippen LogP contribution >= 0.6 is 0 Å². The number of hydrogen-bond donors (Lipinski definition) is 0. The van der Waals surface area contributed by atoms with Crippen molar-refractivity contribution in [3.05, 3.63) is 0 Å². The summed E-state index contributed by atoms with van der Waals surface area (Å²) in [6.45, 7) is 7.74. The highest BCUT2D eigenvalue weighted by Gasteiger charge is 2.13. The van der Waals surface area contributed by atoms with Crippen molar-refractivity contribution in [1.82, 2.24) is 0 Å². The summed E-state index contributed by atoms with van der Waals surface area (Å²) in [5.74, 6) is -0.359. The lowest BCUT2D eigenvalue weighted by Crippen LogP contribution is -2.20. The zero-order chi connectivity index (χ0) is 18.1. The third kappa shape index (κ3) is 19.4. The van der Waals surface area contributed by atoms with Gasteiger partial charge in [0.25, 0.3) is 0 Å². The summed E-state index contributed by atoms with van der Waals surface area (Å²) in [7, 11) is 0. The van der Waals surface area contributed by atoms with Crippen molar-refractivity contribution in [1.29, 1.82) is 0 Å². The topological polar surface area (TPSA) is 44.8 Å². The van der Waals surface area contributed by atoms with Crippen LogP contribution in [0.25, 0.3) is 0 Å². The Labute approximate surface area is 149 Å². The Morgan fingerprint density at radius 1 is 0.708 bits per heavy atom. The first-order valence-corrected chi connectivity index (χ1v) is 10.0. The molecule has 0 bridgehead atoms. The van der Waals surface area contributed by atoms with Gasteiger partial charge in [0, 0.05) is 6.42 Å². The molecule has 4 nitrogen and oxygen atoms in total. The van der Waals surface area contributed by atoms with E-state index in [2.05, 4.69) is 16.8 Å². The molecule has 0 aliphatic heterocycles. The number of hydrogen-bond acceptors (Lipinski definition) is 4. The largest absolute Gasteiger partial charge is 0.345 e. The average molecular weight is 345 g/mol. The standard InChI is InChI=1S/C20H40O4/c1-5-6-7-8-9-10-11-12-13-14-15-16-17-18-19(21)22-24-23-20(2,3)4/h5-18H2,1-4H3. The molecule has 0 heterocycles. The molecule has 0 aromatic rings. The molecule has 0 radical (unpaired) electrons. The first kappa shape index (κ1) is 23.4. The van der Waals surface area contributed by atoms with Crippen LogP contribution in [0, 0.1) is 0 Å². The molecule has 0 amide bonds. The van der Waals surface area contributed by atoms with Gasteiger partial charge in [0.1, 0.15) is 0 Å². The van der Waals surface area contributed by atoms with Gasteiger partial charge in [-0.05, 0) is 32.2 Å². The lowest BCUT2D eigenvalue weighted by molar-refractivity contribution is -0.514. The van der Waals surface area contributed by atoms with Crippen molar-refractivity contribution < 1.29 is 19.6 Å². The van der Waals surface area contributed by atoms with Crippen LogP contribution in [0.5, 0.6) is 0 Å². The van der Waals surface area contributed by atoms with Crippen LogP contribution in [-0.2, 0) is 19.6 Å². The van der Waals surface area contributed by atoms with Crippen LogP contribution in [0.3, 0.4) is 0 Å². The van der Waals surface area contributed by atoms with Gasteiger partial charge < -0.3 is 0 Å². The smallest absolute Gasteiger partial charge is 0.269 e. The van der Waals surface area contributed by atoms with E-state index in [1.165, 1.54) is 70.6 Å². The second-order valence-electron chi connectivity index (χ2n) is 7.71. The molecular weight excluding hydrogens is 304 g/mol. The van der Waals surface area contributed by atoms with Gasteiger partial charge in [0.05, 0.1) is 5.60 Å². The lowest BCUT2D eigenvalue weighted by atomic mass is 10.0. The SMILES string of the molecule is CCCCCCCCCCCCCCCC(=O)OOOC(C)(C)C. The van der Waals surface area contributed by atoms with Crippen molar-refractivity contribution in [2.45, 2.75) is 123 Å². The van der Waals surface area contributed by atoms with E-state index >= 15 is 0 Å². The highest BCUT2D eigenvalue weighted by molar-refractivity contribution is 5.68. The second-order valence-corrected chi connectivity index (χ2v) is 7.71. The maximum atomic E-state index is 11.4. The minimum Gasteiger partial charge on any atom is -0.269 e. The Morgan fingerprint density at radius 3 is 1.54 bits per heavy atom. The van der Waals surface area contributed by atoms with Crippen LogP contribution in [0.4, 0.5) is 0 Å². The van der Waals surface area contributed by atoms with E-state index in [1.807, 2.05) is 20.8 Å². The predicted molar refractivity (Wildman–Crippen MR) is 98.3 cm³/mol. The zero-order valence-electron chi connectivity index (χ0n) is 16.5. The molecule has 0 saturated heterocycles. The van der Waals surface area contributed by atoms with Crippen molar-refractivity contribution in [2.75, 3.05) is 0 Å². The summed E-state index contributed by atoms with van der Waals surface area (Å²) in [6, 6.07) is 0. The Hall–Kier alpha value is -0.610. The van der Waals surface area contributed by atoms with Crippen LogP contribution < -0.4 is 0 Å². The summed E-state index contributed by atoms with van der Waals surface area (Å²) >= 11 is 0. The van der Waals surface area contributed by atoms with Gasteiger partial charge in [0.2, 0.25) is 0 Å². The molecule has 4 heteroatoms. The van der Waals surface area contributed by atoms with Crippen LogP contribution in [-0.4, -0.2) is 11.6 Å². The number of unbranched alkanes of at least 4 members (excludes halogenated alkanes) is 12. The molecule has 144 valence electrons. The van der Waals surface area contributed by atoms with E-state index < -0.39 is 5.60 Å². The quantitative estimate of drug-likeness (QED) is 0.178. The van der Waals surface area contributed by atoms with Gasteiger partial charge in [-0.15, -0.1) is 0 Å². The molecule has 0 atom stereocenters. The molecule has 0 saturated carbocycles. The van der Waals surface area contributed by atoms with Crippen molar-refractivity contribution in [2.24, 2.45) is 0 Å². The Bertz CT molecular complexity index is 284. The average Bonchev–Trinajstić information content (AvgIpc) is 2.50. The first-order chi connectivity index (χ1) is 11.5. The zero-order valence-corrected chi connectivity index (χ0v) is 16.5. The summed E-state index contributed by atoms with van der Waals surface area (Å²) in [6.07, 6.45) is 17.2. The molecule has 0 aromatic heterocycles. The van der Waals surface area contributed by atoms with E-state index in [9.17, 15) is 4.79 Å². The van der Waals surface area contributed by atoms with Gasteiger partial charge in [-0.3, -0.25) is 4.89 Å². The third-order valence-electron chi connectivity index (χ3n) is 3.90. The Kier molecular flexibility index (Phi) is 15.5. The molecule has 0 aromatic carbocycles. The number of carbonyl (C=O) groups excluding carboxylic acids is 1. The molecule has 0 aliphatic carbocycles. The molecule has 0 rings (SSSR count). The van der Waals surface area contributed by atoms with Crippen LogP contribution in [0.1, 0.15) is 118 Å². The van der Waals surface area contributed by atoms with E-state index in [-0.39, 0.29) is 5.97 Å². The maximum Gasteiger partial charge on any atom is 0.345 e. The maximum absolute atomic E-state index is 11.4. The van der Waals surface area contributed by atoms with E-state index in [0.717, 1.165) is 12.8 Å². The molecule has 0 aliphatic rings. The van der Waals surface area contributed by atoms with Gasteiger partial charge in [-0.2, -0.15) is 4.89 Å². The molecular formula is C20H40O4. The van der Waals surface area contributed by atoms with Crippen LogP contribution in [0.15, 0.2) is 0 Å². The van der Waals surface area contributed by atoms with Crippen LogP contribution in [0.2, 0.25) is 0 Å². The highest BCUT2D eigenvalue weighted by atomic mass is 17.5. The highest BCUT2D eigenvalue weighted by Crippen LogP contribution is 2.13.